The molecule has 0 aliphatic carbocycles. The largest absolute Gasteiger partial charge is 0.0735 e. The predicted octanol–water partition coefficient (Wildman–Crippen LogP) is 2.28. The van der Waals surface area contributed by atoms with Crippen LogP contribution >= 0.6 is 45.2 Å². The molecule has 0 aromatic rings. The molecular weight excluding hydrogens is 301 g/mol. The lowest BCUT2D eigenvalue weighted by Crippen LogP contribution is -1.54. The summed E-state index contributed by atoms with van der Waals surface area (Å²) in [6.07, 6.45) is 2.61. The van der Waals surface area contributed by atoms with Crippen molar-refractivity contribution in [3.8, 4) is 0 Å². The van der Waals surface area contributed by atoms with E-state index in [4.69, 9.17) is 7.85 Å². The summed E-state index contributed by atoms with van der Waals surface area (Å²) in [7, 11) is 5.14. The van der Waals surface area contributed by atoms with E-state index in [-0.39, 0.29) is 0 Å². The van der Waals surface area contributed by atoms with Gasteiger partial charge in [-0.05, 0) is 45.2 Å². The van der Waals surface area contributed by atoms with Crippen LogP contribution in [-0.2, 0) is 0 Å². The van der Waals surface area contributed by atoms with Gasteiger partial charge in [0.05, 0.1) is 7.85 Å². The molecule has 0 heterocycles. The van der Waals surface area contributed by atoms with Gasteiger partial charge < -0.3 is 0 Å². The predicted molar refractivity (Wildman–Crippen MR) is 46.7 cm³/mol. The first-order valence-electron chi connectivity index (χ1n) is 1.48. The van der Waals surface area contributed by atoms with E-state index in [0.717, 1.165) is 0 Å². The van der Waals surface area contributed by atoms with Crippen LogP contribution in [0.5, 0.6) is 0 Å². The van der Waals surface area contributed by atoms with Crippen LogP contribution < -0.4 is 0 Å². The van der Waals surface area contributed by atoms with Gasteiger partial charge in [-0.25, -0.2) is 0 Å². The van der Waals surface area contributed by atoms with Crippen molar-refractivity contribution < 1.29 is 0 Å². The highest BCUT2D eigenvalue weighted by atomic mass is 127. The van der Waals surface area contributed by atoms with E-state index in [1.54, 1.807) is 0 Å². The lowest BCUT2D eigenvalue weighted by molar-refractivity contribution is 1.75. The average Bonchev–Trinajstić information content (AvgIpc) is 1.35. The third-order valence-electron chi connectivity index (χ3n) is 0.272. The normalized spacial score (nSPS) is 7.67. The van der Waals surface area contributed by atoms with Crippen LogP contribution in [0.15, 0.2) is 7.66 Å². The first-order valence-corrected chi connectivity index (χ1v) is 3.64. The molecule has 0 saturated carbocycles. The van der Waals surface area contributed by atoms with Crippen molar-refractivity contribution in [3.05, 3.63) is 7.66 Å². The zero-order valence-electron chi connectivity index (χ0n) is 3.12. The molecule has 0 spiro atoms. The zero-order chi connectivity index (χ0) is 4.99. The molecule has 0 nitrogen and oxygen atoms in total. The Labute approximate surface area is 66.5 Å². The molecule has 0 amide bonds. The van der Waals surface area contributed by atoms with E-state index in [9.17, 15) is 0 Å². The Morgan fingerprint density at radius 1 is 1.67 bits per heavy atom. The summed E-state index contributed by atoms with van der Waals surface area (Å²) in [6.45, 7) is 0. The Hall–Kier alpha value is 1.26. The molecule has 2 radical (unpaired) electrons. The second-order valence-electron chi connectivity index (χ2n) is 0.729. The van der Waals surface area contributed by atoms with Crippen molar-refractivity contribution >= 4 is 53.0 Å². The maximum atomic E-state index is 5.14. The van der Waals surface area contributed by atoms with Crippen molar-refractivity contribution in [1.82, 2.24) is 0 Å². The van der Waals surface area contributed by atoms with Gasteiger partial charge in [-0.3, -0.25) is 0 Å². The molecule has 0 saturated heterocycles. The molecule has 0 aliphatic rings. The monoisotopic (exact) mass is 304 g/mol. The summed E-state index contributed by atoms with van der Waals surface area (Å²) < 4.78 is 1.23. The molecule has 0 unspecified atom stereocenters. The van der Waals surface area contributed by atoms with Gasteiger partial charge in [0.25, 0.3) is 0 Å². The molecule has 0 bridgehead atoms. The Balaban J connectivity index is 3.14. The van der Waals surface area contributed by atoms with Crippen molar-refractivity contribution in [2.24, 2.45) is 0 Å². The third-order valence-corrected chi connectivity index (χ3v) is 1.15. The molecule has 6 heavy (non-hydrogen) atoms. The first-order chi connectivity index (χ1) is 2.77. The fraction of sp³-hybridized carbons (Fsp3) is 0.333. The summed E-state index contributed by atoms with van der Waals surface area (Å²) in [4.78, 5) is 0. The summed E-state index contributed by atoms with van der Waals surface area (Å²) in [5.74, 6) is 0. The number of halogens is 2. The lowest BCUT2D eigenvalue weighted by atomic mass is 10.1. The van der Waals surface area contributed by atoms with Gasteiger partial charge in [0, 0.05) is 1.59 Å². The maximum absolute atomic E-state index is 5.14. The molecule has 0 aromatic carbocycles. The second kappa shape index (κ2) is 4.42. The van der Waals surface area contributed by atoms with Crippen molar-refractivity contribution in [1.29, 1.82) is 0 Å². The molecular formula is C3H3BI2. The summed E-state index contributed by atoms with van der Waals surface area (Å²) in [6, 6.07) is 0. The van der Waals surface area contributed by atoms with Crippen LogP contribution in [0.1, 0.15) is 0 Å². The molecule has 0 rings (SSSR count). The van der Waals surface area contributed by atoms with Crippen LogP contribution in [0.2, 0.25) is 6.32 Å². The van der Waals surface area contributed by atoms with Gasteiger partial charge in [0.15, 0.2) is 0 Å². The lowest BCUT2D eigenvalue weighted by Gasteiger charge is -1.75. The number of rotatable bonds is 1. The quantitative estimate of drug-likeness (QED) is 0.515. The molecule has 3 heteroatoms. The van der Waals surface area contributed by atoms with E-state index < -0.39 is 0 Å². The molecule has 0 aromatic heterocycles. The van der Waals surface area contributed by atoms with E-state index in [1.807, 2.05) is 6.08 Å². The van der Waals surface area contributed by atoms with Gasteiger partial charge in [0.2, 0.25) is 0 Å². The molecule has 0 fully saturated rings. The van der Waals surface area contributed by atoms with Crippen molar-refractivity contribution in [2.75, 3.05) is 0 Å². The summed E-state index contributed by atoms with van der Waals surface area (Å²) >= 11 is 4.42. The molecule has 0 N–H and O–H groups in total. The third kappa shape index (κ3) is 5.26. The van der Waals surface area contributed by atoms with E-state index >= 15 is 0 Å². The van der Waals surface area contributed by atoms with E-state index in [0.29, 0.717) is 6.32 Å². The number of hydrogen-bond acceptors (Lipinski definition) is 0. The Morgan fingerprint density at radius 2 is 2.17 bits per heavy atom. The highest BCUT2D eigenvalue weighted by molar-refractivity contribution is 14.2. The molecule has 0 aliphatic heterocycles. The average molecular weight is 304 g/mol. The minimum Gasteiger partial charge on any atom is -0.0735 e. The van der Waals surface area contributed by atoms with Crippen molar-refractivity contribution in [2.45, 2.75) is 6.32 Å². The summed E-state index contributed by atoms with van der Waals surface area (Å²) in [5.41, 5.74) is 0. The van der Waals surface area contributed by atoms with E-state index in [2.05, 4.69) is 45.2 Å². The van der Waals surface area contributed by atoms with Crippen LogP contribution in [0.3, 0.4) is 0 Å². The minimum atomic E-state index is 0.654. The smallest absolute Gasteiger partial charge is 0.0709 e. The van der Waals surface area contributed by atoms with Gasteiger partial charge in [-0.1, -0.05) is 12.4 Å². The fourth-order valence-electron chi connectivity index (χ4n) is 0.0891. The van der Waals surface area contributed by atoms with Crippen LogP contribution in [0.25, 0.3) is 0 Å². The van der Waals surface area contributed by atoms with Gasteiger partial charge in [0.1, 0.15) is 0 Å². The van der Waals surface area contributed by atoms with E-state index in [1.165, 1.54) is 1.59 Å². The van der Waals surface area contributed by atoms with Crippen LogP contribution in [0.4, 0.5) is 0 Å². The van der Waals surface area contributed by atoms with Crippen molar-refractivity contribution in [3.63, 3.8) is 0 Å². The highest BCUT2D eigenvalue weighted by Crippen LogP contribution is 2.14. The van der Waals surface area contributed by atoms with Gasteiger partial charge in [-0.2, -0.15) is 0 Å². The Morgan fingerprint density at radius 3 is 2.17 bits per heavy atom. The Kier molecular flexibility index (Phi) is 5.36. The number of hydrogen-bond donors (Lipinski definition) is 0. The maximum Gasteiger partial charge on any atom is 0.0709 e. The zero-order valence-corrected chi connectivity index (χ0v) is 7.43. The first kappa shape index (κ1) is 7.26. The minimum absolute atomic E-state index is 0.654. The highest BCUT2D eigenvalue weighted by Gasteiger charge is 1.72. The van der Waals surface area contributed by atoms with Gasteiger partial charge >= 0.3 is 0 Å². The SMILES string of the molecule is [B]CC=C(I)I. The second-order valence-corrected chi connectivity index (χ2v) is 5.12. The van der Waals surface area contributed by atoms with Gasteiger partial charge in [-0.15, -0.1) is 0 Å². The Bertz CT molecular complexity index is 55.8. The van der Waals surface area contributed by atoms with Crippen LogP contribution in [0, 0.1) is 0 Å². The number of allylic oxidation sites excluding steroid dienone is 1. The topological polar surface area (TPSA) is 0 Å². The standard InChI is InChI=1S/C3H3BI2/c4-2-1-3(5)6/h1H,2H2. The molecule has 0 atom stereocenters. The summed E-state index contributed by atoms with van der Waals surface area (Å²) in [5, 5.41) is 0. The van der Waals surface area contributed by atoms with Crippen LogP contribution in [-0.4, -0.2) is 7.85 Å². The molecule has 32 valence electrons. The fourth-order valence-corrected chi connectivity index (χ4v) is 0.598.